The van der Waals surface area contributed by atoms with Crippen LogP contribution in [0, 0.1) is 6.92 Å². The minimum absolute atomic E-state index is 0.00634. The van der Waals surface area contributed by atoms with Crippen molar-refractivity contribution < 1.29 is 19.7 Å². The number of aromatic hydroxyl groups is 2. The summed E-state index contributed by atoms with van der Waals surface area (Å²) in [7, 11) is 2.91. The summed E-state index contributed by atoms with van der Waals surface area (Å²) >= 11 is 0. The zero-order chi connectivity index (χ0) is 47.2. The van der Waals surface area contributed by atoms with E-state index in [0.29, 0.717) is 17.5 Å². The van der Waals surface area contributed by atoms with Crippen LogP contribution in [0.3, 0.4) is 0 Å². The topological polar surface area (TPSA) is 58.9 Å². The van der Waals surface area contributed by atoms with Crippen LogP contribution in [0.2, 0.25) is 0 Å². The van der Waals surface area contributed by atoms with Gasteiger partial charge in [-0.2, -0.15) is 0 Å². The maximum atomic E-state index is 10.7. The lowest BCUT2D eigenvalue weighted by Gasteiger charge is -2.17. The summed E-state index contributed by atoms with van der Waals surface area (Å²) in [6, 6.07) is 0. The highest BCUT2D eigenvalue weighted by Crippen LogP contribution is 2.48. The molecule has 0 aliphatic rings. The number of hydrogen-bond acceptors (Lipinski definition) is 4. The van der Waals surface area contributed by atoms with Gasteiger partial charge in [0.05, 0.1) is 14.2 Å². The molecule has 1 aromatic carbocycles. The van der Waals surface area contributed by atoms with Crippen LogP contribution in [0.1, 0.15) is 203 Å². The lowest BCUT2D eigenvalue weighted by atomic mass is 9.99. The molecular weight excluding hydrogens is 773 g/mol. The highest BCUT2D eigenvalue weighted by atomic mass is 16.5. The Labute approximate surface area is 388 Å². The third-order valence-corrected chi connectivity index (χ3v) is 12.1. The molecule has 0 unspecified atom stereocenters. The third-order valence-electron chi connectivity index (χ3n) is 12.1. The fraction of sp³-hybridized carbons (Fsp3) is 0.559. The minimum Gasteiger partial charge on any atom is -0.504 e. The Balaban J connectivity index is 2.32. The molecule has 0 amide bonds. The zero-order valence-electron chi connectivity index (χ0n) is 42.9. The summed E-state index contributed by atoms with van der Waals surface area (Å²) in [4.78, 5) is 0. The van der Waals surface area contributed by atoms with E-state index < -0.39 is 0 Å². The Bertz CT molecular complexity index is 1840. The van der Waals surface area contributed by atoms with Crippen molar-refractivity contribution in [1.82, 2.24) is 0 Å². The van der Waals surface area contributed by atoms with Crippen LogP contribution in [0.4, 0.5) is 0 Å². The van der Waals surface area contributed by atoms with Gasteiger partial charge in [0.15, 0.2) is 11.5 Å². The number of phenols is 2. The molecular formula is C59H92O4. The number of hydrogen-bond donors (Lipinski definition) is 2. The van der Waals surface area contributed by atoms with E-state index in [4.69, 9.17) is 9.47 Å². The van der Waals surface area contributed by atoms with E-state index in [1.807, 2.05) is 0 Å². The first-order chi connectivity index (χ1) is 30.0. The van der Waals surface area contributed by atoms with E-state index in [1.165, 1.54) is 89.2 Å². The second kappa shape index (κ2) is 33.3. The molecule has 1 aromatic rings. The summed E-state index contributed by atoms with van der Waals surface area (Å²) in [5.41, 5.74) is 15.9. The van der Waals surface area contributed by atoms with Crippen LogP contribution in [-0.2, 0) is 6.42 Å². The highest BCUT2D eigenvalue weighted by Gasteiger charge is 2.22. The van der Waals surface area contributed by atoms with E-state index in [2.05, 4.69) is 137 Å². The molecule has 0 aliphatic carbocycles. The van der Waals surface area contributed by atoms with Crippen LogP contribution in [0.5, 0.6) is 23.0 Å². The normalized spacial score (nSPS) is 14.2. The van der Waals surface area contributed by atoms with Gasteiger partial charge in [0.1, 0.15) is 0 Å². The van der Waals surface area contributed by atoms with Gasteiger partial charge in [-0.05, 0) is 205 Å². The fourth-order valence-corrected chi connectivity index (χ4v) is 7.62. The number of rotatable bonds is 31. The summed E-state index contributed by atoms with van der Waals surface area (Å²) in [5, 5.41) is 21.3. The highest BCUT2D eigenvalue weighted by molar-refractivity contribution is 5.66. The third kappa shape index (κ3) is 26.3. The molecule has 0 saturated heterocycles. The Kier molecular flexibility index (Phi) is 30.1. The van der Waals surface area contributed by atoms with Crippen molar-refractivity contribution in [2.45, 2.75) is 205 Å². The van der Waals surface area contributed by atoms with Crippen molar-refractivity contribution in [3.63, 3.8) is 0 Å². The molecule has 63 heavy (non-hydrogen) atoms. The van der Waals surface area contributed by atoms with Gasteiger partial charge in [-0.25, -0.2) is 0 Å². The maximum absolute atomic E-state index is 10.7. The molecule has 1 rings (SSSR count). The van der Waals surface area contributed by atoms with Gasteiger partial charge < -0.3 is 19.7 Å². The quantitative estimate of drug-likeness (QED) is 0.0577. The average molecular weight is 865 g/mol. The Morgan fingerprint density at radius 3 is 0.810 bits per heavy atom. The van der Waals surface area contributed by atoms with Gasteiger partial charge in [-0.3, -0.25) is 0 Å². The smallest absolute Gasteiger partial charge is 0.207 e. The first kappa shape index (κ1) is 56.8. The van der Waals surface area contributed by atoms with Crippen LogP contribution in [-0.4, -0.2) is 24.4 Å². The van der Waals surface area contributed by atoms with Crippen molar-refractivity contribution in [2.75, 3.05) is 14.2 Å². The lowest BCUT2D eigenvalue weighted by Crippen LogP contribution is -1.98. The Hall–Kier alpha value is -4.18. The van der Waals surface area contributed by atoms with Crippen LogP contribution in [0.25, 0.3) is 0 Å². The van der Waals surface area contributed by atoms with Crippen LogP contribution >= 0.6 is 0 Å². The molecule has 0 fully saturated rings. The standard InChI is InChI=1S/C59H92O4/c1-44(2)24-15-25-45(3)26-16-27-46(4)28-17-29-47(5)30-18-31-48(6)32-19-33-49(7)34-20-35-50(8)36-21-37-51(9)38-22-39-52(10)40-23-41-53(11)42-43-55-54(12)56(60)58(62-13)59(63-14)57(55)61/h24,26,28,30,32,34,36,38,40,42,60-61H,15-23,25,27,29,31,33,35,37,39,41,43H2,1-14H3/b45-26+,46-28+,47-30-,48-32+,49-34+,50-36+,51-38+,52-40+,53-42+. The molecule has 0 aliphatic heterocycles. The van der Waals surface area contributed by atoms with Crippen molar-refractivity contribution in [1.29, 1.82) is 0 Å². The van der Waals surface area contributed by atoms with Gasteiger partial charge in [0.25, 0.3) is 0 Å². The molecule has 0 radical (unpaired) electrons. The van der Waals surface area contributed by atoms with E-state index >= 15 is 0 Å². The van der Waals surface area contributed by atoms with Crippen molar-refractivity contribution in [3.8, 4) is 23.0 Å². The van der Waals surface area contributed by atoms with Gasteiger partial charge >= 0.3 is 0 Å². The summed E-state index contributed by atoms with van der Waals surface area (Å²) < 4.78 is 10.5. The summed E-state index contributed by atoms with van der Waals surface area (Å²) in [5.74, 6) is 0.356. The van der Waals surface area contributed by atoms with Gasteiger partial charge in [-0.15, -0.1) is 0 Å². The second-order valence-corrected chi connectivity index (χ2v) is 18.7. The summed E-state index contributed by atoms with van der Waals surface area (Å²) in [6.45, 7) is 26.5. The molecule has 0 heterocycles. The minimum atomic E-state index is 0.00634. The number of methoxy groups -OCH3 is 2. The molecule has 352 valence electrons. The number of phenolic OH excluding ortho intramolecular Hbond substituents is 2. The molecule has 0 bridgehead atoms. The Morgan fingerprint density at radius 2 is 0.571 bits per heavy atom. The van der Waals surface area contributed by atoms with Gasteiger partial charge in [-0.1, -0.05) is 116 Å². The first-order valence-electron chi connectivity index (χ1n) is 24.2. The molecule has 4 nitrogen and oxygen atoms in total. The van der Waals surface area contributed by atoms with E-state index in [1.54, 1.807) is 6.92 Å². The molecule has 0 aromatic heterocycles. The van der Waals surface area contributed by atoms with E-state index in [-0.39, 0.29) is 23.0 Å². The molecule has 2 N–H and O–H groups in total. The monoisotopic (exact) mass is 865 g/mol. The van der Waals surface area contributed by atoms with Gasteiger partial charge in [0.2, 0.25) is 11.5 Å². The lowest BCUT2D eigenvalue weighted by molar-refractivity contribution is 0.314. The van der Waals surface area contributed by atoms with Crippen LogP contribution < -0.4 is 9.47 Å². The second-order valence-electron chi connectivity index (χ2n) is 18.7. The van der Waals surface area contributed by atoms with Crippen molar-refractivity contribution in [3.05, 3.63) is 128 Å². The molecule has 0 saturated carbocycles. The SMILES string of the molecule is COc1c(O)c(C)c(C/C=C(\C)CC/C=C(\C)CC/C=C(\C)CC/C=C(\C)CC/C=C(\C)CC/C=C(\C)CC/C=C(/C)CC/C=C(\C)CC/C=C(\C)CCC=C(C)C)c(O)c1OC. The first-order valence-corrected chi connectivity index (χ1v) is 24.2. The number of ether oxygens (including phenoxy) is 2. The fourth-order valence-electron chi connectivity index (χ4n) is 7.62. The maximum Gasteiger partial charge on any atom is 0.207 e. The average Bonchev–Trinajstić information content (AvgIpc) is 3.21. The van der Waals surface area contributed by atoms with E-state index in [0.717, 1.165) is 96.3 Å². The zero-order valence-corrected chi connectivity index (χ0v) is 42.9. The van der Waals surface area contributed by atoms with Crippen molar-refractivity contribution >= 4 is 0 Å². The summed E-state index contributed by atoms with van der Waals surface area (Å²) in [6.07, 6.45) is 44.6. The van der Waals surface area contributed by atoms with Gasteiger partial charge in [0, 0.05) is 11.1 Å². The van der Waals surface area contributed by atoms with Crippen LogP contribution in [0.15, 0.2) is 116 Å². The number of benzene rings is 1. The predicted octanol–water partition coefficient (Wildman–Crippen LogP) is 18.5. The Morgan fingerprint density at radius 1 is 0.349 bits per heavy atom. The van der Waals surface area contributed by atoms with E-state index in [9.17, 15) is 10.2 Å². The predicted molar refractivity (Wildman–Crippen MR) is 278 cm³/mol. The number of allylic oxidation sites excluding steroid dienone is 20. The largest absolute Gasteiger partial charge is 0.504 e. The molecule has 4 heteroatoms. The molecule has 0 spiro atoms. The van der Waals surface area contributed by atoms with Crippen molar-refractivity contribution in [2.24, 2.45) is 0 Å². The molecule has 0 atom stereocenters.